The normalized spacial score (nSPS) is 26.9. The predicted molar refractivity (Wildman–Crippen MR) is 126 cm³/mol. The van der Waals surface area contributed by atoms with Crippen LogP contribution < -0.4 is 10.9 Å². The Balaban J connectivity index is 1.63. The summed E-state index contributed by atoms with van der Waals surface area (Å²) in [6.07, 6.45) is -2.11. The van der Waals surface area contributed by atoms with Crippen LogP contribution in [0.1, 0.15) is 13.2 Å². The lowest BCUT2D eigenvalue weighted by Gasteiger charge is -2.27. The second-order valence-electron chi connectivity index (χ2n) is 8.30. The van der Waals surface area contributed by atoms with Gasteiger partial charge in [0.1, 0.15) is 23.3 Å². The van der Waals surface area contributed by atoms with E-state index in [-0.39, 0.29) is 22.0 Å². The van der Waals surface area contributed by atoms with Crippen LogP contribution in [0.15, 0.2) is 23.3 Å². The van der Waals surface area contributed by atoms with Crippen molar-refractivity contribution in [2.24, 2.45) is 0 Å². The van der Waals surface area contributed by atoms with Gasteiger partial charge >= 0.3 is 23.5 Å². The van der Waals surface area contributed by atoms with Crippen molar-refractivity contribution in [3.05, 3.63) is 28.8 Å². The number of nitrogens with zero attached hydrogens (tertiary/aromatic N) is 3. The summed E-state index contributed by atoms with van der Waals surface area (Å²) < 4.78 is 52.6. The maximum absolute atomic E-state index is 12.3. The van der Waals surface area contributed by atoms with Crippen molar-refractivity contribution < 1.29 is 66.2 Å². The Labute approximate surface area is 215 Å². The lowest BCUT2D eigenvalue weighted by atomic mass is 9.97. The van der Waals surface area contributed by atoms with E-state index in [1.165, 1.54) is 18.5 Å². The molecule has 0 aliphatic carbocycles. The third-order valence-corrected chi connectivity index (χ3v) is 9.29. The molecule has 0 bridgehead atoms. The lowest BCUT2D eigenvalue weighted by molar-refractivity contribution is -0.105. The predicted octanol–water partition coefficient (Wildman–Crippen LogP) is -0.806. The van der Waals surface area contributed by atoms with Gasteiger partial charge in [0.15, 0.2) is 6.23 Å². The number of nitrogens with one attached hydrogen (secondary N) is 2. The highest BCUT2D eigenvalue weighted by Crippen LogP contribution is 2.66. The molecule has 1 amide bonds. The molecular formula is C16H20N5O15P3. The van der Waals surface area contributed by atoms with Crippen LogP contribution in [0, 0.1) is 0 Å². The minimum absolute atomic E-state index is 0.102. The summed E-state index contributed by atoms with van der Waals surface area (Å²) in [6, 6.07) is 1.37. The summed E-state index contributed by atoms with van der Waals surface area (Å²) in [7, 11) is -16.9. The van der Waals surface area contributed by atoms with Gasteiger partial charge in [0.25, 0.3) is 5.56 Å². The van der Waals surface area contributed by atoms with Crippen molar-refractivity contribution in [2.45, 2.75) is 31.0 Å². The van der Waals surface area contributed by atoms with Crippen molar-refractivity contribution in [3.63, 3.8) is 0 Å². The number of H-pyrrole nitrogens is 1. The number of hydrogen-bond donors (Lipinski definition) is 8. The van der Waals surface area contributed by atoms with Crippen molar-refractivity contribution in [1.82, 2.24) is 20.0 Å². The van der Waals surface area contributed by atoms with Gasteiger partial charge in [0, 0.05) is 17.0 Å². The van der Waals surface area contributed by atoms with Gasteiger partial charge in [0.2, 0.25) is 6.41 Å². The molecule has 1 fully saturated rings. The topological polar surface area (TPSA) is 302 Å². The van der Waals surface area contributed by atoms with E-state index in [1.807, 2.05) is 0 Å². The fourth-order valence-corrected chi connectivity index (χ4v) is 6.97. The van der Waals surface area contributed by atoms with E-state index in [4.69, 9.17) is 14.5 Å². The van der Waals surface area contributed by atoms with Crippen LogP contribution in [0.4, 0.5) is 5.69 Å². The number of carbonyl (C=O) groups excluding carboxylic acids is 1. The number of aromatic nitrogens is 4. The van der Waals surface area contributed by atoms with Crippen molar-refractivity contribution in [1.29, 1.82) is 0 Å². The molecule has 1 aliphatic heterocycles. The molecule has 3 aromatic rings. The van der Waals surface area contributed by atoms with Gasteiger partial charge in [-0.15, -0.1) is 0 Å². The number of aliphatic hydroxyl groups excluding tert-OH is 1. The van der Waals surface area contributed by atoms with Crippen LogP contribution in [0.3, 0.4) is 0 Å². The highest BCUT2D eigenvalue weighted by atomic mass is 31.3. The number of amides is 1. The first kappa shape index (κ1) is 29.6. The zero-order chi connectivity index (χ0) is 29.0. The number of phosphoric acid groups is 3. The Kier molecular flexibility index (Phi) is 7.74. The maximum atomic E-state index is 12.3. The minimum Gasteiger partial charge on any atom is -0.387 e. The molecule has 214 valence electrons. The Morgan fingerprint density at radius 1 is 1.21 bits per heavy atom. The smallest absolute Gasteiger partial charge is 0.387 e. The summed E-state index contributed by atoms with van der Waals surface area (Å²) in [5.74, 6) is 0. The van der Waals surface area contributed by atoms with Crippen LogP contribution in [0.5, 0.6) is 0 Å². The molecule has 0 saturated carbocycles. The molecular weight excluding hydrogens is 595 g/mol. The average Bonchev–Trinajstić information content (AvgIpc) is 3.18. The van der Waals surface area contributed by atoms with E-state index in [1.54, 1.807) is 0 Å². The van der Waals surface area contributed by atoms with Crippen molar-refractivity contribution >= 4 is 57.2 Å². The molecule has 6 atom stereocenters. The number of rotatable bonds is 10. The van der Waals surface area contributed by atoms with Crippen LogP contribution in [0.25, 0.3) is 21.7 Å². The molecule has 23 heteroatoms. The molecule has 0 radical (unpaired) electrons. The van der Waals surface area contributed by atoms with E-state index >= 15 is 0 Å². The zero-order valence-electron chi connectivity index (χ0n) is 19.3. The summed E-state index contributed by atoms with van der Waals surface area (Å²) in [6.45, 7) is 0.0789. The van der Waals surface area contributed by atoms with E-state index in [9.17, 15) is 43.3 Å². The van der Waals surface area contributed by atoms with Gasteiger partial charge in [-0.25, -0.2) is 23.5 Å². The van der Waals surface area contributed by atoms with Gasteiger partial charge in [-0.05, 0) is 13.0 Å². The monoisotopic (exact) mass is 615 g/mol. The Morgan fingerprint density at radius 3 is 2.54 bits per heavy atom. The molecule has 8 N–H and O–H groups in total. The van der Waals surface area contributed by atoms with Crippen LogP contribution in [-0.4, -0.2) is 80.6 Å². The van der Waals surface area contributed by atoms with Crippen LogP contribution in [-0.2, 0) is 36.4 Å². The first-order valence-corrected chi connectivity index (χ1v) is 14.9. The second-order valence-corrected chi connectivity index (χ2v) is 12.7. The largest absolute Gasteiger partial charge is 0.490 e. The molecule has 1 aromatic carbocycles. The SMILES string of the molecule is C[C@@]1(O)[C@H](O)[C@@H](COP(=O)(O)OP(=O)(O)OP(=O)(O)O)O[C@H]1n1cc2c(NC=O)cc3c(=O)[nH]ncc(n1)c23. The van der Waals surface area contributed by atoms with E-state index in [0.717, 1.165) is 11.6 Å². The Morgan fingerprint density at radius 2 is 1.90 bits per heavy atom. The number of carbonyl (C=O) groups is 1. The molecule has 2 aromatic heterocycles. The van der Waals surface area contributed by atoms with Crippen molar-refractivity contribution in [2.75, 3.05) is 11.9 Å². The zero-order valence-corrected chi connectivity index (χ0v) is 22.0. The number of phosphoric ester groups is 1. The average molecular weight is 615 g/mol. The van der Waals surface area contributed by atoms with Crippen LogP contribution in [0.2, 0.25) is 0 Å². The molecule has 3 heterocycles. The van der Waals surface area contributed by atoms with Gasteiger partial charge in [0.05, 0.1) is 23.9 Å². The number of ether oxygens (including phenoxy) is 1. The summed E-state index contributed by atoms with van der Waals surface area (Å²) in [5.41, 5.74) is -2.45. The fourth-order valence-electron chi connectivity index (χ4n) is 3.94. The van der Waals surface area contributed by atoms with E-state index < -0.39 is 59.7 Å². The second kappa shape index (κ2) is 10.2. The first-order chi connectivity index (χ1) is 17.9. The number of hydrogen-bond acceptors (Lipinski definition) is 13. The number of anilines is 1. The highest BCUT2D eigenvalue weighted by Gasteiger charge is 2.54. The number of aromatic amines is 1. The fraction of sp³-hybridized carbons (Fsp3) is 0.375. The standard InChI is InChI=1S/C16H20N5O15P3/c1-16(25)13(23)11(5-33-38(29,30)36-39(31,32)35-37(26,27)28)34-15(16)21-4-8-9(17-6-22)2-7-12(8)10(20-21)3-18-19-14(7)24/h2-4,6,11,13,15,23,25H,5H2,1H3,(H,17,22)(H,19,24)(H,29,30)(H,31,32)(H2,26,27,28)/t11-,13-,15-,16-/m1/s1. The first-order valence-electron chi connectivity index (χ1n) is 10.4. The van der Waals surface area contributed by atoms with E-state index in [2.05, 4.69) is 33.8 Å². The molecule has 20 nitrogen and oxygen atoms in total. The molecule has 4 rings (SSSR count). The van der Waals surface area contributed by atoms with Gasteiger partial charge in [-0.3, -0.25) is 14.1 Å². The molecule has 1 saturated heterocycles. The highest BCUT2D eigenvalue weighted by molar-refractivity contribution is 7.66. The summed E-state index contributed by atoms with van der Waals surface area (Å²) in [5, 5.41) is 35.0. The quantitative estimate of drug-likeness (QED) is 0.102. The number of aliphatic hydroxyl groups is 2. The third kappa shape index (κ3) is 6.18. The minimum atomic E-state index is -5.78. The van der Waals surface area contributed by atoms with Gasteiger partial charge in [-0.2, -0.15) is 18.8 Å². The molecule has 39 heavy (non-hydrogen) atoms. The molecule has 1 aliphatic rings. The van der Waals surface area contributed by atoms with E-state index in [0.29, 0.717) is 11.8 Å². The Hall–Kier alpha value is -2.41. The third-order valence-electron chi connectivity index (χ3n) is 5.48. The molecule has 2 unspecified atom stereocenters. The Bertz CT molecular complexity index is 1630. The van der Waals surface area contributed by atoms with Gasteiger partial charge < -0.3 is 39.8 Å². The van der Waals surface area contributed by atoms with Crippen molar-refractivity contribution in [3.8, 4) is 0 Å². The molecule has 0 spiro atoms. The lowest BCUT2D eigenvalue weighted by Crippen LogP contribution is -2.44. The summed E-state index contributed by atoms with van der Waals surface area (Å²) in [4.78, 5) is 59.5. The summed E-state index contributed by atoms with van der Waals surface area (Å²) >= 11 is 0. The van der Waals surface area contributed by atoms with Gasteiger partial charge in [-0.1, -0.05) is 0 Å². The maximum Gasteiger partial charge on any atom is 0.490 e. The van der Waals surface area contributed by atoms with Crippen LogP contribution >= 0.6 is 23.5 Å².